The van der Waals surface area contributed by atoms with Gasteiger partial charge in [-0.1, -0.05) is 24.4 Å². The molecule has 1 N–H and O–H groups in total. The summed E-state index contributed by atoms with van der Waals surface area (Å²) in [6, 6.07) is 5.17. The average molecular weight is 365 g/mol. The predicted octanol–water partition coefficient (Wildman–Crippen LogP) is 4.63. The topological polar surface area (TPSA) is 29.1 Å². The third kappa shape index (κ3) is 4.11. The molecule has 1 aromatic carbocycles. The van der Waals surface area contributed by atoms with Crippen LogP contribution in [0.3, 0.4) is 0 Å². The molecular weight excluding hydrogens is 349 g/mol. The first-order chi connectivity index (χ1) is 9.08. The van der Waals surface area contributed by atoms with Gasteiger partial charge in [-0.05, 0) is 52.9 Å². The van der Waals surface area contributed by atoms with Gasteiger partial charge >= 0.3 is 0 Å². The highest BCUT2D eigenvalue weighted by molar-refractivity contribution is 9.10. The lowest BCUT2D eigenvalue weighted by Gasteiger charge is -2.27. The largest absolute Gasteiger partial charge is 0.352 e. The van der Waals surface area contributed by atoms with Gasteiger partial charge in [0.05, 0.1) is 5.02 Å². The van der Waals surface area contributed by atoms with Gasteiger partial charge in [-0.2, -0.15) is 0 Å². The summed E-state index contributed by atoms with van der Waals surface area (Å²) >= 11 is 15.5. The summed E-state index contributed by atoms with van der Waals surface area (Å²) in [4.78, 5) is 12.0. The fourth-order valence-electron chi connectivity index (χ4n) is 2.36. The molecule has 1 aliphatic rings. The zero-order valence-corrected chi connectivity index (χ0v) is 13.6. The lowest BCUT2D eigenvalue weighted by atomic mass is 9.88. The molecule has 0 aromatic heterocycles. The van der Waals surface area contributed by atoms with E-state index in [-0.39, 0.29) is 11.3 Å². The molecule has 1 fully saturated rings. The van der Waals surface area contributed by atoms with Crippen molar-refractivity contribution in [3.05, 3.63) is 33.3 Å². The van der Waals surface area contributed by atoms with Crippen LogP contribution in [0.2, 0.25) is 5.02 Å². The Balaban J connectivity index is 1.91. The highest BCUT2D eigenvalue weighted by Crippen LogP contribution is 2.28. The van der Waals surface area contributed by atoms with Gasteiger partial charge in [0.1, 0.15) is 0 Å². The third-order valence-electron chi connectivity index (χ3n) is 3.52. The van der Waals surface area contributed by atoms with Gasteiger partial charge in [0.25, 0.3) is 5.91 Å². The van der Waals surface area contributed by atoms with Crippen molar-refractivity contribution in [2.75, 3.05) is 6.54 Å². The van der Waals surface area contributed by atoms with E-state index < -0.39 is 0 Å². The molecule has 0 saturated heterocycles. The average Bonchev–Trinajstić information content (AvgIpc) is 2.40. The number of halogens is 3. The van der Waals surface area contributed by atoms with Crippen molar-refractivity contribution in [3.8, 4) is 0 Å². The Kier molecular flexibility index (Phi) is 5.55. The van der Waals surface area contributed by atoms with E-state index in [4.69, 9.17) is 23.2 Å². The van der Waals surface area contributed by atoms with Crippen LogP contribution in [0.1, 0.15) is 36.0 Å². The summed E-state index contributed by atoms with van der Waals surface area (Å²) in [7, 11) is 0. The molecule has 19 heavy (non-hydrogen) atoms. The quantitative estimate of drug-likeness (QED) is 0.778. The molecule has 0 aliphatic heterocycles. The van der Waals surface area contributed by atoms with Crippen molar-refractivity contribution in [2.24, 2.45) is 5.92 Å². The van der Waals surface area contributed by atoms with Crippen molar-refractivity contribution in [3.63, 3.8) is 0 Å². The van der Waals surface area contributed by atoms with E-state index in [1.54, 1.807) is 18.2 Å². The molecule has 1 saturated carbocycles. The van der Waals surface area contributed by atoms with Crippen LogP contribution >= 0.6 is 39.1 Å². The molecule has 0 spiro atoms. The van der Waals surface area contributed by atoms with Crippen LogP contribution < -0.4 is 5.32 Å². The summed E-state index contributed by atoms with van der Waals surface area (Å²) in [5.41, 5.74) is 0.609. The minimum absolute atomic E-state index is 0.0770. The summed E-state index contributed by atoms with van der Waals surface area (Å²) in [6.07, 6.45) is 4.55. The lowest BCUT2D eigenvalue weighted by molar-refractivity contribution is 0.0944. The monoisotopic (exact) mass is 363 g/mol. The standard InChI is InChI=1S/C14H16BrCl2NO/c15-11-7-9(5-6-13(11)17)14(19)18-8-10-3-1-2-4-12(10)16/h5-7,10,12H,1-4,8H2,(H,18,19). The van der Waals surface area contributed by atoms with Gasteiger partial charge in [-0.15, -0.1) is 11.6 Å². The van der Waals surface area contributed by atoms with Crippen LogP contribution in [-0.2, 0) is 0 Å². The molecule has 0 bridgehead atoms. The number of benzene rings is 1. The van der Waals surface area contributed by atoms with Crippen LogP contribution in [0.4, 0.5) is 0 Å². The molecule has 5 heteroatoms. The number of amides is 1. The molecule has 2 atom stereocenters. The summed E-state index contributed by atoms with van der Waals surface area (Å²) in [5.74, 6) is 0.307. The highest BCUT2D eigenvalue weighted by Gasteiger charge is 2.23. The number of carbonyl (C=O) groups excluding carboxylic acids is 1. The van der Waals surface area contributed by atoms with Gasteiger partial charge in [-0.25, -0.2) is 0 Å². The van der Waals surface area contributed by atoms with Gasteiger partial charge < -0.3 is 5.32 Å². The molecule has 2 rings (SSSR count). The molecule has 2 unspecified atom stereocenters. The van der Waals surface area contributed by atoms with Crippen LogP contribution in [0.15, 0.2) is 22.7 Å². The van der Waals surface area contributed by atoms with Crippen molar-refractivity contribution < 1.29 is 4.79 Å². The minimum Gasteiger partial charge on any atom is -0.352 e. The molecule has 1 aliphatic carbocycles. The van der Waals surface area contributed by atoms with Crippen LogP contribution in [0.25, 0.3) is 0 Å². The highest BCUT2D eigenvalue weighted by atomic mass is 79.9. The van der Waals surface area contributed by atoms with E-state index in [2.05, 4.69) is 21.2 Å². The Bertz CT molecular complexity index is 467. The van der Waals surface area contributed by atoms with Crippen LogP contribution in [0, 0.1) is 5.92 Å². The normalized spacial score (nSPS) is 23.1. The first-order valence-corrected chi connectivity index (χ1v) is 8.06. The summed E-state index contributed by atoms with van der Waals surface area (Å²) < 4.78 is 0.731. The Labute approximate surface area is 132 Å². The predicted molar refractivity (Wildman–Crippen MR) is 83.1 cm³/mol. The number of rotatable bonds is 3. The molecule has 1 amide bonds. The van der Waals surface area contributed by atoms with E-state index in [0.717, 1.165) is 17.3 Å². The van der Waals surface area contributed by atoms with Gasteiger partial charge in [-0.3, -0.25) is 4.79 Å². The van der Waals surface area contributed by atoms with Gasteiger partial charge in [0.2, 0.25) is 0 Å². The number of nitrogens with one attached hydrogen (secondary N) is 1. The molecule has 0 heterocycles. The number of alkyl halides is 1. The number of carbonyl (C=O) groups is 1. The molecule has 1 aromatic rings. The molecular formula is C14H16BrCl2NO. The molecule has 2 nitrogen and oxygen atoms in total. The number of hydrogen-bond donors (Lipinski definition) is 1. The Hall–Kier alpha value is -0.250. The lowest BCUT2D eigenvalue weighted by Crippen LogP contribution is -2.34. The van der Waals surface area contributed by atoms with Crippen LogP contribution in [0.5, 0.6) is 0 Å². The van der Waals surface area contributed by atoms with Gasteiger partial charge in [0.15, 0.2) is 0 Å². The smallest absolute Gasteiger partial charge is 0.251 e. The Morgan fingerprint density at radius 3 is 2.79 bits per heavy atom. The maximum Gasteiger partial charge on any atom is 0.251 e. The second-order valence-corrected chi connectivity index (χ2v) is 6.72. The second-order valence-electron chi connectivity index (χ2n) is 4.90. The molecule has 104 valence electrons. The fourth-order valence-corrected chi connectivity index (χ4v) is 3.22. The SMILES string of the molecule is O=C(NCC1CCCCC1Cl)c1ccc(Cl)c(Br)c1. The van der Waals surface area contributed by atoms with Gasteiger partial charge in [0, 0.05) is 22.0 Å². The van der Waals surface area contributed by atoms with E-state index in [1.807, 2.05) is 0 Å². The zero-order valence-electron chi connectivity index (χ0n) is 10.5. The maximum absolute atomic E-state index is 12.0. The van der Waals surface area contributed by atoms with Crippen molar-refractivity contribution in [2.45, 2.75) is 31.1 Å². The Morgan fingerprint density at radius 2 is 2.11 bits per heavy atom. The molecule has 0 radical (unpaired) electrons. The van der Waals surface area contributed by atoms with E-state index in [1.165, 1.54) is 12.8 Å². The fraction of sp³-hybridized carbons (Fsp3) is 0.500. The van der Waals surface area contributed by atoms with Crippen LogP contribution in [-0.4, -0.2) is 17.8 Å². The van der Waals surface area contributed by atoms with E-state index >= 15 is 0 Å². The third-order valence-corrected chi connectivity index (χ3v) is 5.31. The summed E-state index contributed by atoms with van der Waals surface area (Å²) in [5, 5.41) is 3.75. The second kappa shape index (κ2) is 6.96. The number of hydrogen-bond acceptors (Lipinski definition) is 1. The Morgan fingerprint density at radius 1 is 1.37 bits per heavy atom. The van der Waals surface area contributed by atoms with E-state index in [0.29, 0.717) is 23.0 Å². The zero-order chi connectivity index (χ0) is 13.8. The summed E-state index contributed by atoms with van der Waals surface area (Å²) in [6.45, 7) is 0.646. The first kappa shape index (κ1) is 15.1. The minimum atomic E-state index is -0.0770. The van der Waals surface area contributed by atoms with E-state index in [9.17, 15) is 4.79 Å². The van der Waals surface area contributed by atoms with Crippen molar-refractivity contribution in [1.82, 2.24) is 5.32 Å². The maximum atomic E-state index is 12.0. The van der Waals surface area contributed by atoms with Crippen molar-refractivity contribution >= 4 is 45.0 Å². The van der Waals surface area contributed by atoms with Crippen molar-refractivity contribution in [1.29, 1.82) is 0 Å². The first-order valence-electron chi connectivity index (χ1n) is 6.45.